The van der Waals surface area contributed by atoms with Crippen LogP contribution in [-0.4, -0.2) is 14.4 Å². The molecule has 0 saturated heterocycles. The first-order valence-corrected chi connectivity index (χ1v) is 6.48. The molecule has 0 aliphatic carbocycles. The van der Waals surface area contributed by atoms with Crippen molar-refractivity contribution in [1.29, 1.82) is 0 Å². The Morgan fingerprint density at radius 2 is 2.10 bits per heavy atom. The molecule has 0 aromatic carbocycles. The van der Waals surface area contributed by atoms with E-state index in [4.69, 9.17) is 10.5 Å². The molecular formula is C15H16N4O. The van der Waals surface area contributed by atoms with Crippen LogP contribution in [-0.2, 0) is 13.2 Å². The number of aromatic nitrogens is 3. The average Bonchev–Trinajstić information content (AvgIpc) is 2.88. The van der Waals surface area contributed by atoms with Gasteiger partial charge in [0.05, 0.1) is 11.4 Å². The van der Waals surface area contributed by atoms with Crippen molar-refractivity contribution in [1.82, 2.24) is 14.4 Å². The van der Waals surface area contributed by atoms with Crippen LogP contribution in [0.2, 0.25) is 0 Å². The van der Waals surface area contributed by atoms with Crippen LogP contribution in [0.4, 0.5) is 0 Å². The fraction of sp³-hybridized carbons (Fsp3) is 0.200. The van der Waals surface area contributed by atoms with Gasteiger partial charge in [-0.1, -0.05) is 6.07 Å². The third kappa shape index (κ3) is 2.48. The van der Waals surface area contributed by atoms with Gasteiger partial charge in [-0.2, -0.15) is 0 Å². The minimum Gasteiger partial charge on any atom is -0.485 e. The van der Waals surface area contributed by atoms with Gasteiger partial charge in [0, 0.05) is 24.6 Å². The minimum absolute atomic E-state index is 0.363. The zero-order valence-corrected chi connectivity index (χ0v) is 11.3. The lowest BCUT2D eigenvalue weighted by atomic mass is 10.3. The topological polar surface area (TPSA) is 65.4 Å². The molecule has 0 bridgehead atoms. The number of imidazole rings is 1. The average molecular weight is 268 g/mol. The van der Waals surface area contributed by atoms with Crippen LogP contribution in [0, 0.1) is 6.92 Å². The van der Waals surface area contributed by atoms with Crippen LogP contribution in [0.25, 0.3) is 5.65 Å². The summed E-state index contributed by atoms with van der Waals surface area (Å²) in [4.78, 5) is 8.86. The van der Waals surface area contributed by atoms with E-state index >= 15 is 0 Å². The second-order valence-electron chi connectivity index (χ2n) is 4.59. The van der Waals surface area contributed by atoms with Crippen molar-refractivity contribution in [2.24, 2.45) is 5.73 Å². The van der Waals surface area contributed by atoms with Crippen molar-refractivity contribution >= 4 is 5.65 Å². The van der Waals surface area contributed by atoms with E-state index in [0.717, 1.165) is 28.5 Å². The van der Waals surface area contributed by atoms with Crippen molar-refractivity contribution in [3.8, 4) is 5.75 Å². The highest BCUT2D eigenvalue weighted by Crippen LogP contribution is 2.18. The van der Waals surface area contributed by atoms with Crippen LogP contribution < -0.4 is 10.5 Å². The van der Waals surface area contributed by atoms with E-state index in [-0.39, 0.29) is 0 Å². The molecule has 0 unspecified atom stereocenters. The van der Waals surface area contributed by atoms with Crippen molar-refractivity contribution in [3.05, 3.63) is 59.8 Å². The molecule has 0 aliphatic heterocycles. The van der Waals surface area contributed by atoms with Gasteiger partial charge >= 0.3 is 0 Å². The molecule has 5 heteroatoms. The minimum atomic E-state index is 0.363. The molecule has 0 radical (unpaired) electrons. The number of nitrogens with two attached hydrogens (primary N) is 1. The lowest BCUT2D eigenvalue weighted by Crippen LogP contribution is -2.06. The Hall–Kier alpha value is -2.40. The van der Waals surface area contributed by atoms with E-state index in [1.165, 1.54) is 0 Å². The van der Waals surface area contributed by atoms with Gasteiger partial charge in [0.25, 0.3) is 0 Å². The molecule has 0 fully saturated rings. The molecule has 3 aromatic heterocycles. The highest BCUT2D eigenvalue weighted by molar-refractivity contribution is 5.39. The normalized spacial score (nSPS) is 10.9. The molecule has 20 heavy (non-hydrogen) atoms. The first kappa shape index (κ1) is 12.6. The molecule has 2 N–H and O–H groups in total. The predicted octanol–water partition coefficient (Wildman–Crippen LogP) is 2.08. The lowest BCUT2D eigenvalue weighted by Gasteiger charge is -2.08. The second kappa shape index (κ2) is 5.30. The van der Waals surface area contributed by atoms with Gasteiger partial charge < -0.3 is 14.9 Å². The van der Waals surface area contributed by atoms with E-state index in [0.29, 0.717) is 13.2 Å². The van der Waals surface area contributed by atoms with E-state index in [1.807, 2.05) is 54.0 Å². The maximum atomic E-state index is 5.78. The number of nitrogens with zero attached hydrogens (tertiary/aromatic N) is 3. The fourth-order valence-electron chi connectivity index (χ4n) is 2.08. The van der Waals surface area contributed by atoms with Gasteiger partial charge in [0.15, 0.2) is 0 Å². The summed E-state index contributed by atoms with van der Waals surface area (Å²) in [7, 11) is 0. The van der Waals surface area contributed by atoms with E-state index in [2.05, 4.69) is 9.97 Å². The van der Waals surface area contributed by atoms with Gasteiger partial charge in [0.1, 0.15) is 18.0 Å². The maximum absolute atomic E-state index is 5.78. The van der Waals surface area contributed by atoms with Crippen molar-refractivity contribution in [2.75, 3.05) is 0 Å². The fourth-order valence-corrected chi connectivity index (χ4v) is 2.08. The summed E-state index contributed by atoms with van der Waals surface area (Å²) < 4.78 is 7.75. The Kier molecular flexibility index (Phi) is 3.35. The summed E-state index contributed by atoms with van der Waals surface area (Å²) in [6.07, 6.45) is 3.92. The van der Waals surface area contributed by atoms with E-state index in [1.54, 1.807) is 0 Å². The van der Waals surface area contributed by atoms with Gasteiger partial charge in [-0.25, -0.2) is 4.98 Å². The van der Waals surface area contributed by atoms with Gasteiger partial charge in [-0.05, 0) is 31.2 Å². The van der Waals surface area contributed by atoms with Gasteiger partial charge in [-0.3, -0.25) is 4.98 Å². The van der Waals surface area contributed by atoms with Crippen LogP contribution in [0.1, 0.15) is 17.1 Å². The molecular weight excluding hydrogens is 252 g/mol. The molecule has 102 valence electrons. The monoisotopic (exact) mass is 268 g/mol. The molecule has 5 nitrogen and oxygen atoms in total. The summed E-state index contributed by atoms with van der Waals surface area (Å²) in [5.74, 6) is 0.718. The Morgan fingerprint density at radius 3 is 2.90 bits per heavy atom. The van der Waals surface area contributed by atoms with Crippen LogP contribution in [0.5, 0.6) is 5.75 Å². The van der Waals surface area contributed by atoms with Gasteiger partial charge in [-0.15, -0.1) is 0 Å². The third-order valence-corrected chi connectivity index (χ3v) is 3.05. The number of fused-ring (bicyclic) bond motifs is 1. The highest BCUT2D eigenvalue weighted by atomic mass is 16.5. The zero-order chi connectivity index (χ0) is 13.9. The molecule has 3 aromatic rings. The number of hydrogen-bond donors (Lipinski definition) is 1. The van der Waals surface area contributed by atoms with Crippen molar-refractivity contribution in [2.45, 2.75) is 20.1 Å². The van der Waals surface area contributed by atoms with E-state index < -0.39 is 0 Å². The summed E-state index contributed by atoms with van der Waals surface area (Å²) in [5.41, 5.74) is 9.18. The van der Waals surface area contributed by atoms with E-state index in [9.17, 15) is 0 Å². The Labute approximate surface area is 117 Å². The zero-order valence-electron chi connectivity index (χ0n) is 11.3. The Morgan fingerprint density at radius 1 is 1.20 bits per heavy atom. The SMILES string of the molecule is Cc1ccc(OCc2cn3ccccc3n2)c(CN)n1. The first-order chi connectivity index (χ1) is 9.76. The number of pyridine rings is 2. The molecule has 3 heterocycles. The number of hydrogen-bond acceptors (Lipinski definition) is 4. The predicted molar refractivity (Wildman–Crippen MR) is 76.4 cm³/mol. The summed E-state index contributed by atoms with van der Waals surface area (Å²) in [6.45, 7) is 2.70. The maximum Gasteiger partial charge on any atom is 0.142 e. The molecule has 0 aliphatic rings. The Balaban J connectivity index is 1.79. The standard InChI is InChI=1S/C15H16N4O/c1-11-5-6-14(13(8-16)17-11)20-10-12-9-19-7-3-2-4-15(19)18-12/h2-7,9H,8,10,16H2,1H3. The van der Waals surface area contributed by atoms with Crippen LogP contribution in [0.15, 0.2) is 42.7 Å². The summed E-state index contributed by atoms with van der Waals surface area (Å²) in [5, 5.41) is 0. The van der Waals surface area contributed by atoms with Gasteiger partial charge in [0.2, 0.25) is 0 Å². The largest absolute Gasteiger partial charge is 0.485 e. The van der Waals surface area contributed by atoms with Crippen molar-refractivity contribution in [3.63, 3.8) is 0 Å². The molecule has 0 atom stereocenters. The summed E-state index contributed by atoms with van der Waals surface area (Å²) in [6, 6.07) is 9.71. The smallest absolute Gasteiger partial charge is 0.142 e. The third-order valence-electron chi connectivity index (χ3n) is 3.05. The lowest BCUT2D eigenvalue weighted by molar-refractivity contribution is 0.297. The van der Waals surface area contributed by atoms with Crippen LogP contribution in [0.3, 0.4) is 0 Å². The number of ether oxygens (including phenoxy) is 1. The summed E-state index contributed by atoms with van der Waals surface area (Å²) >= 11 is 0. The quantitative estimate of drug-likeness (QED) is 0.786. The van der Waals surface area contributed by atoms with Crippen molar-refractivity contribution < 1.29 is 4.74 Å². The molecule has 3 rings (SSSR count). The number of rotatable bonds is 4. The number of aryl methyl sites for hydroxylation is 1. The molecule has 0 amide bonds. The Bertz CT molecular complexity index is 703. The molecule has 0 saturated carbocycles. The molecule has 0 spiro atoms. The van der Waals surface area contributed by atoms with Crippen LogP contribution >= 0.6 is 0 Å². The highest BCUT2D eigenvalue weighted by Gasteiger charge is 2.06. The first-order valence-electron chi connectivity index (χ1n) is 6.48. The second-order valence-corrected chi connectivity index (χ2v) is 4.59.